The lowest BCUT2D eigenvalue weighted by Crippen LogP contribution is -2.08. The molecule has 0 radical (unpaired) electrons. The molecule has 3 aromatic rings. The third-order valence-corrected chi connectivity index (χ3v) is 3.62. The molecule has 1 aromatic carbocycles. The first-order valence-corrected chi connectivity index (χ1v) is 7.83. The zero-order valence-electron chi connectivity index (χ0n) is 13.3. The molecular formula is C17H16N6O2. The van der Waals surface area contributed by atoms with Crippen molar-refractivity contribution in [1.29, 1.82) is 0 Å². The van der Waals surface area contributed by atoms with Gasteiger partial charge in [0.1, 0.15) is 0 Å². The van der Waals surface area contributed by atoms with Crippen molar-refractivity contribution in [3.63, 3.8) is 0 Å². The summed E-state index contributed by atoms with van der Waals surface area (Å²) in [5, 5.41) is 14.3. The van der Waals surface area contributed by atoms with Gasteiger partial charge in [0, 0.05) is 12.7 Å². The Morgan fingerprint density at radius 1 is 1.00 bits per heavy atom. The maximum atomic E-state index is 5.38. The Balaban J connectivity index is 1.36. The lowest BCUT2D eigenvalue weighted by molar-refractivity contribution is 0.174. The van der Waals surface area contributed by atoms with E-state index in [-0.39, 0.29) is 6.79 Å². The lowest BCUT2D eigenvalue weighted by atomic mass is 10.2. The normalized spacial score (nSPS) is 12.0. The molecule has 0 amide bonds. The van der Waals surface area contributed by atoms with Crippen LogP contribution in [0.2, 0.25) is 0 Å². The van der Waals surface area contributed by atoms with Gasteiger partial charge in [0.05, 0.1) is 18.4 Å². The molecule has 0 spiro atoms. The minimum atomic E-state index is 0.271. The topological polar surface area (TPSA) is 94.1 Å². The van der Waals surface area contributed by atoms with Crippen LogP contribution >= 0.6 is 0 Å². The molecule has 25 heavy (non-hydrogen) atoms. The maximum absolute atomic E-state index is 5.38. The van der Waals surface area contributed by atoms with Gasteiger partial charge < -0.3 is 20.1 Å². The van der Waals surface area contributed by atoms with E-state index in [9.17, 15) is 0 Å². The number of ether oxygens (including phenoxy) is 2. The largest absolute Gasteiger partial charge is 0.454 e. The van der Waals surface area contributed by atoms with E-state index in [4.69, 9.17) is 9.47 Å². The van der Waals surface area contributed by atoms with Gasteiger partial charge in [-0.3, -0.25) is 4.98 Å². The summed E-state index contributed by atoms with van der Waals surface area (Å²) in [5.41, 5.74) is 1.97. The van der Waals surface area contributed by atoms with Gasteiger partial charge in [-0.15, -0.1) is 5.10 Å². The van der Waals surface area contributed by atoms with E-state index >= 15 is 0 Å². The van der Waals surface area contributed by atoms with E-state index in [2.05, 4.69) is 30.8 Å². The summed E-state index contributed by atoms with van der Waals surface area (Å²) in [7, 11) is 0. The van der Waals surface area contributed by atoms with Crippen LogP contribution in [0.3, 0.4) is 0 Å². The van der Waals surface area contributed by atoms with Gasteiger partial charge in [0.2, 0.25) is 12.7 Å². The number of hydrogen-bond acceptors (Lipinski definition) is 8. The second kappa shape index (κ2) is 7.00. The lowest BCUT2D eigenvalue weighted by Gasteiger charge is -2.08. The van der Waals surface area contributed by atoms with Crippen LogP contribution in [0.25, 0.3) is 0 Å². The first-order chi connectivity index (χ1) is 12.4. The van der Waals surface area contributed by atoms with Gasteiger partial charge in [-0.25, -0.2) is 0 Å². The minimum absolute atomic E-state index is 0.271. The predicted molar refractivity (Wildman–Crippen MR) is 91.3 cm³/mol. The van der Waals surface area contributed by atoms with Crippen molar-refractivity contribution < 1.29 is 9.47 Å². The van der Waals surface area contributed by atoms with Crippen LogP contribution in [0.15, 0.2) is 48.8 Å². The van der Waals surface area contributed by atoms with Gasteiger partial charge in [0.25, 0.3) is 0 Å². The number of aromatic nitrogens is 4. The fraction of sp³-hybridized carbons (Fsp3) is 0.176. The van der Waals surface area contributed by atoms with Crippen molar-refractivity contribution in [1.82, 2.24) is 20.2 Å². The highest BCUT2D eigenvalue weighted by atomic mass is 16.7. The monoisotopic (exact) mass is 336 g/mol. The van der Waals surface area contributed by atoms with Crippen molar-refractivity contribution in [2.75, 3.05) is 17.4 Å². The minimum Gasteiger partial charge on any atom is -0.454 e. The quantitative estimate of drug-likeness (QED) is 0.708. The molecular weight excluding hydrogens is 320 g/mol. The number of rotatable bonds is 6. The van der Waals surface area contributed by atoms with Crippen molar-refractivity contribution in [2.45, 2.75) is 13.1 Å². The van der Waals surface area contributed by atoms with E-state index in [1.54, 1.807) is 12.4 Å². The van der Waals surface area contributed by atoms with E-state index in [0.717, 1.165) is 22.8 Å². The molecule has 4 rings (SSSR count). The second-order valence-electron chi connectivity index (χ2n) is 5.38. The van der Waals surface area contributed by atoms with Gasteiger partial charge in [-0.1, -0.05) is 12.1 Å². The summed E-state index contributed by atoms with van der Waals surface area (Å²) in [6.45, 7) is 1.40. The van der Waals surface area contributed by atoms with E-state index < -0.39 is 0 Å². The predicted octanol–water partition coefficient (Wildman–Crippen LogP) is 2.22. The second-order valence-corrected chi connectivity index (χ2v) is 5.38. The fourth-order valence-electron chi connectivity index (χ4n) is 2.38. The highest BCUT2D eigenvalue weighted by Crippen LogP contribution is 2.32. The molecule has 0 unspecified atom stereocenters. The Bertz CT molecular complexity index is 859. The summed E-state index contributed by atoms with van der Waals surface area (Å²) in [5.74, 6) is 2.61. The van der Waals surface area contributed by atoms with Crippen LogP contribution in [0.4, 0.5) is 11.8 Å². The summed E-state index contributed by atoms with van der Waals surface area (Å²) in [6, 6.07) is 11.6. The molecule has 0 fully saturated rings. The summed E-state index contributed by atoms with van der Waals surface area (Å²) in [4.78, 5) is 8.64. The standard InChI is InChI=1S/C17H16N6O2/c1-2-6-18-13(3-1)9-20-17-22-16(10-21-23-17)19-8-12-4-5-14-15(7-12)25-11-24-14/h1-7,10H,8-9,11H2,(H2,19,20,22,23). The Kier molecular flexibility index (Phi) is 4.23. The number of pyridine rings is 1. The molecule has 1 aliphatic heterocycles. The zero-order valence-corrected chi connectivity index (χ0v) is 13.3. The Hall–Kier alpha value is -3.42. The van der Waals surface area contributed by atoms with Crippen LogP contribution in [0, 0.1) is 0 Å². The van der Waals surface area contributed by atoms with E-state index in [1.165, 1.54) is 0 Å². The smallest absolute Gasteiger partial charge is 0.245 e. The molecule has 2 aromatic heterocycles. The molecule has 0 atom stereocenters. The Labute approximate surface area is 144 Å². The SMILES string of the molecule is c1ccc(CNc2nncc(NCc3ccc4c(c3)OCO4)n2)nc1. The number of hydrogen-bond donors (Lipinski definition) is 2. The maximum Gasteiger partial charge on any atom is 0.245 e. The Morgan fingerprint density at radius 2 is 1.96 bits per heavy atom. The van der Waals surface area contributed by atoms with Crippen LogP contribution in [-0.2, 0) is 13.1 Å². The van der Waals surface area contributed by atoms with Crippen molar-refractivity contribution in [3.8, 4) is 11.5 Å². The molecule has 0 saturated heterocycles. The van der Waals surface area contributed by atoms with Gasteiger partial charge in [-0.05, 0) is 29.8 Å². The van der Waals surface area contributed by atoms with E-state index in [0.29, 0.717) is 24.9 Å². The molecule has 8 heteroatoms. The van der Waals surface area contributed by atoms with Crippen LogP contribution in [-0.4, -0.2) is 27.0 Å². The first kappa shape index (κ1) is 15.1. The average Bonchev–Trinajstić information content (AvgIpc) is 3.14. The van der Waals surface area contributed by atoms with Gasteiger partial charge in [0.15, 0.2) is 17.3 Å². The van der Waals surface area contributed by atoms with Crippen molar-refractivity contribution in [2.24, 2.45) is 0 Å². The molecule has 3 heterocycles. The third-order valence-electron chi connectivity index (χ3n) is 3.62. The van der Waals surface area contributed by atoms with Crippen LogP contribution in [0.1, 0.15) is 11.3 Å². The number of anilines is 2. The zero-order chi connectivity index (χ0) is 16.9. The summed E-state index contributed by atoms with van der Waals surface area (Å²) >= 11 is 0. The van der Waals surface area contributed by atoms with Crippen molar-refractivity contribution in [3.05, 3.63) is 60.0 Å². The van der Waals surface area contributed by atoms with Crippen molar-refractivity contribution >= 4 is 11.8 Å². The highest BCUT2D eigenvalue weighted by Gasteiger charge is 2.13. The van der Waals surface area contributed by atoms with E-state index in [1.807, 2.05) is 36.4 Å². The van der Waals surface area contributed by atoms with Gasteiger partial charge in [-0.2, -0.15) is 10.1 Å². The number of nitrogens with one attached hydrogen (secondary N) is 2. The molecule has 1 aliphatic rings. The molecule has 2 N–H and O–H groups in total. The fourth-order valence-corrected chi connectivity index (χ4v) is 2.38. The highest BCUT2D eigenvalue weighted by molar-refractivity contribution is 5.46. The van der Waals surface area contributed by atoms with Crippen LogP contribution < -0.4 is 20.1 Å². The average molecular weight is 336 g/mol. The number of nitrogens with zero attached hydrogens (tertiary/aromatic N) is 4. The summed E-state index contributed by atoms with van der Waals surface area (Å²) in [6.07, 6.45) is 3.33. The molecule has 0 saturated carbocycles. The number of fused-ring (bicyclic) bond motifs is 1. The third kappa shape index (κ3) is 3.74. The summed E-state index contributed by atoms with van der Waals surface area (Å²) < 4.78 is 10.7. The first-order valence-electron chi connectivity index (χ1n) is 7.83. The Morgan fingerprint density at radius 3 is 2.88 bits per heavy atom. The molecule has 8 nitrogen and oxygen atoms in total. The molecule has 0 bridgehead atoms. The molecule has 126 valence electrons. The number of benzene rings is 1. The van der Waals surface area contributed by atoms with Crippen LogP contribution in [0.5, 0.6) is 11.5 Å². The molecule has 0 aliphatic carbocycles. The van der Waals surface area contributed by atoms with Gasteiger partial charge >= 0.3 is 0 Å².